The van der Waals surface area contributed by atoms with Crippen LogP contribution < -0.4 is 0 Å². The monoisotopic (exact) mass is 435 g/mol. The lowest BCUT2D eigenvalue weighted by Gasteiger charge is -2.32. The first-order valence-electron chi connectivity index (χ1n) is 9.81. The van der Waals surface area contributed by atoms with Crippen molar-refractivity contribution in [1.29, 1.82) is 0 Å². The molecule has 1 aromatic heterocycles. The number of nitrogens with zero attached hydrogens (tertiary/aromatic N) is 3. The fraction of sp³-hybridized carbons (Fsp3) is 0.500. The van der Waals surface area contributed by atoms with Gasteiger partial charge in [-0.15, -0.1) is 0 Å². The van der Waals surface area contributed by atoms with Crippen LogP contribution in [0.1, 0.15) is 63.8 Å². The third-order valence-corrected chi connectivity index (χ3v) is 5.99. The van der Waals surface area contributed by atoms with Gasteiger partial charge in [-0.2, -0.15) is 5.10 Å². The van der Waals surface area contributed by atoms with Crippen molar-refractivity contribution in [2.24, 2.45) is 18.0 Å². The van der Waals surface area contributed by atoms with Gasteiger partial charge in [-0.25, -0.2) is 4.99 Å². The normalized spacial score (nSPS) is 19.0. The van der Waals surface area contributed by atoms with E-state index in [1.165, 1.54) is 0 Å². The molecule has 0 N–H and O–H groups in total. The maximum atomic E-state index is 13.1. The molecule has 7 heteroatoms. The van der Waals surface area contributed by atoms with Crippen molar-refractivity contribution in [3.63, 3.8) is 0 Å². The highest BCUT2D eigenvalue weighted by Crippen LogP contribution is 2.49. The lowest BCUT2D eigenvalue weighted by Crippen LogP contribution is -2.34. The van der Waals surface area contributed by atoms with Crippen LogP contribution in [0, 0.1) is 5.92 Å². The summed E-state index contributed by atoms with van der Waals surface area (Å²) >= 11 is 13.0. The number of carbonyl (C=O) groups excluding carboxylic acids is 1. The molecule has 0 spiro atoms. The molecular formula is C22H27Cl2N3O2. The average Bonchev–Trinajstić information content (AvgIpc) is 2.98. The Labute approximate surface area is 182 Å². The largest absolute Gasteiger partial charge is 0.465 e. The SMILES string of the molecule is CCCOC(=O)C1C(C)=Nc2c(c(C(C)(C)C)nn2C)C1c1cccc(Cl)c1Cl. The van der Waals surface area contributed by atoms with E-state index in [0.717, 1.165) is 29.1 Å². The zero-order valence-electron chi connectivity index (χ0n) is 17.7. The first kappa shape index (κ1) is 21.8. The van der Waals surface area contributed by atoms with Crippen molar-refractivity contribution in [2.75, 3.05) is 6.61 Å². The molecule has 0 saturated heterocycles. The smallest absolute Gasteiger partial charge is 0.315 e. The molecule has 1 aliphatic heterocycles. The second-order valence-electron chi connectivity index (χ2n) is 8.48. The first-order chi connectivity index (χ1) is 13.6. The summed E-state index contributed by atoms with van der Waals surface area (Å²) in [5, 5.41) is 5.66. The summed E-state index contributed by atoms with van der Waals surface area (Å²) < 4.78 is 7.32. The molecule has 29 heavy (non-hydrogen) atoms. The Morgan fingerprint density at radius 1 is 1.28 bits per heavy atom. The fourth-order valence-electron chi connectivity index (χ4n) is 3.84. The van der Waals surface area contributed by atoms with Crippen LogP contribution >= 0.6 is 23.2 Å². The fourth-order valence-corrected chi connectivity index (χ4v) is 4.27. The van der Waals surface area contributed by atoms with Crippen LogP contribution in [0.5, 0.6) is 0 Å². The molecule has 2 aromatic rings. The molecule has 2 heterocycles. The van der Waals surface area contributed by atoms with Crippen LogP contribution in [0.25, 0.3) is 0 Å². The maximum Gasteiger partial charge on any atom is 0.315 e. The van der Waals surface area contributed by atoms with Gasteiger partial charge in [-0.05, 0) is 25.0 Å². The van der Waals surface area contributed by atoms with Crippen molar-refractivity contribution < 1.29 is 9.53 Å². The molecule has 156 valence electrons. The molecule has 2 atom stereocenters. The van der Waals surface area contributed by atoms with Gasteiger partial charge in [0, 0.05) is 29.7 Å². The minimum Gasteiger partial charge on any atom is -0.465 e. The summed E-state index contributed by atoms with van der Waals surface area (Å²) in [5.41, 5.74) is 3.02. The molecule has 0 bridgehead atoms. The summed E-state index contributed by atoms with van der Waals surface area (Å²) in [6.07, 6.45) is 0.753. The molecule has 0 saturated carbocycles. The van der Waals surface area contributed by atoms with Gasteiger partial charge in [0.2, 0.25) is 0 Å². The maximum absolute atomic E-state index is 13.1. The first-order valence-corrected chi connectivity index (χ1v) is 10.6. The van der Waals surface area contributed by atoms with Crippen molar-refractivity contribution in [1.82, 2.24) is 9.78 Å². The van der Waals surface area contributed by atoms with Gasteiger partial charge >= 0.3 is 5.97 Å². The van der Waals surface area contributed by atoms with E-state index in [9.17, 15) is 4.79 Å². The highest BCUT2D eigenvalue weighted by molar-refractivity contribution is 6.42. The number of aryl methyl sites for hydroxylation is 1. The van der Waals surface area contributed by atoms with Crippen LogP contribution in [0.3, 0.4) is 0 Å². The number of hydrogen-bond acceptors (Lipinski definition) is 4. The van der Waals surface area contributed by atoms with Gasteiger partial charge in [0.15, 0.2) is 5.82 Å². The molecule has 2 unspecified atom stereocenters. The Morgan fingerprint density at radius 3 is 2.59 bits per heavy atom. The van der Waals surface area contributed by atoms with Gasteiger partial charge in [-0.1, -0.05) is 63.0 Å². The van der Waals surface area contributed by atoms with E-state index < -0.39 is 5.92 Å². The summed E-state index contributed by atoms with van der Waals surface area (Å²) in [5.74, 6) is -0.521. The minimum absolute atomic E-state index is 0.243. The van der Waals surface area contributed by atoms with Gasteiger partial charge in [0.05, 0.1) is 22.3 Å². The molecule has 0 aliphatic carbocycles. The van der Waals surface area contributed by atoms with E-state index >= 15 is 0 Å². The van der Waals surface area contributed by atoms with Crippen molar-refractivity contribution in [3.05, 3.63) is 45.1 Å². The standard InChI is InChI=1S/C22H27Cl2N3O2/c1-7-11-29-21(28)15-12(2)25-20-17(19(22(3,4)5)26-27(20)6)16(15)13-9-8-10-14(23)18(13)24/h8-10,15-16H,7,11H2,1-6H3. The molecule has 0 fully saturated rings. The predicted molar refractivity (Wildman–Crippen MR) is 118 cm³/mol. The number of fused-ring (bicyclic) bond motifs is 1. The number of carbonyl (C=O) groups is 1. The van der Waals surface area contributed by atoms with E-state index in [4.69, 9.17) is 38.0 Å². The van der Waals surface area contributed by atoms with E-state index in [-0.39, 0.29) is 17.3 Å². The van der Waals surface area contributed by atoms with E-state index in [1.807, 2.05) is 33.0 Å². The number of rotatable bonds is 4. The lowest BCUT2D eigenvalue weighted by molar-refractivity contribution is -0.146. The Kier molecular flexibility index (Phi) is 6.11. The Balaban J connectivity index is 2.31. The number of halogens is 2. The van der Waals surface area contributed by atoms with Crippen LogP contribution in [-0.2, 0) is 22.0 Å². The molecular weight excluding hydrogens is 409 g/mol. The Bertz CT molecular complexity index is 973. The summed E-state index contributed by atoms with van der Waals surface area (Å²) in [4.78, 5) is 17.9. The van der Waals surface area contributed by atoms with Gasteiger partial charge in [0.25, 0.3) is 0 Å². The molecule has 1 aliphatic rings. The minimum atomic E-state index is -0.588. The summed E-state index contributed by atoms with van der Waals surface area (Å²) in [6.45, 7) is 10.5. The summed E-state index contributed by atoms with van der Waals surface area (Å²) in [7, 11) is 1.87. The van der Waals surface area contributed by atoms with Crippen LogP contribution in [0.2, 0.25) is 10.0 Å². The Hall–Kier alpha value is -1.85. The van der Waals surface area contributed by atoms with Crippen molar-refractivity contribution in [2.45, 2.75) is 52.4 Å². The quantitative estimate of drug-likeness (QED) is 0.567. The highest BCUT2D eigenvalue weighted by atomic mass is 35.5. The van der Waals surface area contributed by atoms with Gasteiger partial charge in [0.1, 0.15) is 5.92 Å². The highest BCUT2D eigenvalue weighted by Gasteiger charge is 2.44. The Morgan fingerprint density at radius 2 is 1.97 bits per heavy atom. The molecule has 5 nitrogen and oxygen atoms in total. The number of ether oxygens (including phenoxy) is 1. The number of benzene rings is 1. The average molecular weight is 436 g/mol. The molecule has 0 amide bonds. The summed E-state index contributed by atoms with van der Waals surface area (Å²) in [6, 6.07) is 5.52. The predicted octanol–water partition coefficient (Wildman–Crippen LogP) is 5.83. The van der Waals surface area contributed by atoms with E-state index in [1.54, 1.807) is 10.7 Å². The number of esters is 1. The zero-order chi connectivity index (χ0) is 21.5. The molecule has 1 aromatic carbocycles. The number of aliphatic imine (C=N–C) groups is 1. The topological polar surface area (TPSA) is 56.5 Å². The van der Waals surface area contributed by atoms with Crippen molar-refractivity contribution in [3.8, 4) is 0 Å². The van der Waals surface area contributed by atoms with Crippen molar-refractivity contribution >= 4 is 40.7 Å². The number of hydrogen-bond donors (Lipinski definition) is 0. The second-order valence-corrected chi connectivity index (χ2v) is 9.26. The van der Waals surface area contributed by atoms with Crippen LogP contribution in [-0.4, -0.2) is 28.1 Å². The van der Waals surface area contributed by atoms with Gasteiger partial charge in [-0.3, -0.25) is 9.48 Å². The zero-order valence-corrected chi connectivity index (χ0v) is 19.2. The number of aromatic nitrogens is 2. The van der Waals surface area contributed by atoms with Crippen LogP contribution in [0.4, 0.5) is 5.82 Å². The second kappa shape index (κ2) is 8.11. The molecule has 3 rings (SSSR count). The lowest BCUT2D eigenvalue weighted by atomic mass is 9.73. The third-order valence-electron chi connectivity index (χ3n) is 5.16. The van der Waals surface area contributed by atoms with E-state index in [2.05, 4.69) is 20.8 Å². The third kappa shape index (κ3) is 3.95. The van der Waals surface area contributed by atoms with E-state index in [0.29, 0.717) is 22.4 Å². The van der Waals surface area contributed by atoms with Crippen LogP contribution in [0.15, 0.2) is 23.2 Å². The molecule has 0 radical (unpaired) electrons. The van der Waals surface area contributed by atoms with Gasteiger partial charge < -0.3 is 4.74 Å².